The summed E-state index contributed by atoms with van der Waals surface area (Å²) >= 11 is 0. The van der Waals surface area contributed by atoms with Crippen LogP contribution in [-0.4, -0.2) is 12.2 Å². The first-order valence-electron chi connectivity index (χ1n) is 7.27. The summed E-state index contributed by atoms with van der Waals surface area (Å²) in [6, 6.07) is 0. The molecule has 0 aliphatic carbocycles. The quantitative estimate of drug-likeness (QED) is 0.620. The molecule has 0 aromatic rings. The average molecular weight is 226 g/mol. The molecule has 0 spiro atoms. The highest BCUT2D eigenvalue weighted by molar-refractivity contribution is 4.85. The molecule has 0 bridgehead atoms. The monoisotopic (exact) mass is 226 g/mol. The molecule has 0 unspecified atom stereocenters. The Morgan fingerprint density at radius 3 is 2.00 bits per heavy atom. The number of ether oxygens (including phenoxy) is 1. The highest BCUT2D eigenvalue weighted by Crippen LogP contribution is 2.37. The van der Waals surface area contributed by atoms with Gasteiger partial charge in [-0.1, -0.05) is 53.9 Å². The van der Waals surface area contributed by atoms with Gasteiger partial charge in [-0.05, 0) is 30.6 Å². The van der Waals surface area contributed by atoms with E-state index < -0.39 is 0 Å². The largest absolute Gasteiger partial charge is 0.374 e. The van der Waals surface area contributed by atoms with E-state index in [1.807, 2.05) is 0 Å². The van der Waals surface area contributed by atoms with E-state index in [1.54, 1.807) is 0 Å². The second-order valence-corrected chi connectivity index (χ2v) is 5.69. The van der Waals surface area contributed by atoms with Gasteiger partial charge in [0.25, 0.3) is 0 Å². The molecule has 96 valence electrons. The highest BCUT2D eigenvalue weighted by Gasteiger charge is 2.37. The molecule has 1 saturated heterocycles. The molecule has 0 N–H and O–H groups in total. The third-order valence-electron chi connectivity index (χ3n) is 4.68. The number of unbranched alkanes of at least 4 members (excludes halogenated alkanes) is 2. The Bertz CT molecular complexity index is 188. The van der Waals surface area contributed by atoms with Crippen molar-refractivity contribution in [3.63, 3.8) is 0 Å². The molecule has 1 nitrogen and oxygen atoms in total. The van der Waals surface area contributed by atoms with Gasteiger partial charge in [-0.3, -0.25) is 0 Å². The van der Waals surface area contributed by atoms with Crippen LogP contribution in [0, 0.1) is 17.8 Å². The molecular formula is C15H30O. The third kappa shape index (κ3) is 3.23. The minimum Gasteiger partial charge on any atom is -0.374 e. The summed E-state index contributed by atoms with van der Waals surface area (Å²) in [5, 5.41) is 0. The van der Waals surface area contributed by atoms with Crippen LogP contribution in [0.2, 0.25) is 0 Å². The zero-order chi connectivity index (χ0) is 12.1. The second kappa shape index (κ2) is 6.64. The molecule has 1 heteroatoms. The van der Waals surface area contributed by atoms with E-state index in [2.05, 4.69) is 34.6 Å². The van der Waals surface area contributed by atoms with Crippen LogP contribution < -0.4 is 0 Å². The topological polar surface area (TPSA) is 9.23 Å². The summed E-state index contributed by atoms with van der Waals surface area (Å²) < 4.78 is 6.28. The van der Waals surface area contributed by atoms with Crippen molar-refractivity contribution < 1.29 is 4.74 Å². The summed E-state index contributed by atoms with van der Waals surface area (Å²) in [6.45, 7) is 11.7. The molecule has 1 aliphatic heterocycles. The van der Waals surface area contributed by atoms with Crippen molar-refractivity contribution in [2.75, 3.05) is 0 Å². The Morgan fingerprint density at radius 1 is 0.812 bits per heavy atom. The maximum absolute atomic E-state index is 6.28. The molecule has 0 aromatic carbocycles. The van der Waals surface area contributed by atoms with E-state index in [4.69, 9.17) is 4.74 Å². The van der Waals surface area contributed by atoms with Crippen LogP contribution in [0.1, 0.15) is 66.7 Å². The number of hydrogen-bond donors (Lipinski definition) is 0. The van der Waals surface area contributed by atoms with Gasteiger partial charge in [-0.15, -0.1) is 0 Å². The first kappa shape index (κ1) is 14.0. The molecular weight excluding hydrogens is 196 g/mol. The van der Waals surface area contributed by atoms with E-state index in [-0.39, 0.29) is 0 Å². The normalized spacial score (nSPS) is 39.9. The molecule has 1 heterocycles. The van der Waals surface area contributed by atoms with Crippen molar-refractivity contribution >= 4 is 0 Å². The Morgan fingerprint density at radius 2 is 1.44 bits per heavy atom. The molecule has 0 amide bonds. The zero-order valence-corrected chi connectivity index (χ0v) is 11.8. The second-order valence-electron chi connectivity index (χ2n) is 5.69. The fourth-order valence-corrected chi connectivity index (χ4v) is 3.02. The fraction of sp³-hybridized carbons (Fsp3) is 1.00. The summed E-state index contributed by atoms with van der Waals surface area (Å²) in [5.41, 5.74) is 0. The third-order valence-corrected chi connectivity index (χ3v) is 4.68. The van der Waals surface area contributed by atoms with Gasteiger partial charge in [0.1, 0.15) is 0 Å². The molecule has 1 aliphatic rings. The van der Waals surface area contributed by atoms with Gasteiger partial charge in [0.05, 0.1) is 12.2 Å². The first-order chi connectivity index (χ1) is 7.61. The summed E-state index contributed by atoms with van der Waals surface area (Å²) in [5.74, 6) is 2.27. The van der Waals surface area contributed by atoms with Crippen LogP contribution in [0.25, 0.3) is 0 Å². The zero-order valence-electron chi connectivity index (χ0n) is 11.8. The minimum atomic E-state index is 0.498. The van der Waals surface area contributed by atoms with E-state index in [0.717, 1.165) is 17.8 Å². The van der Waals surface area contributed by atoms with E-state index in [0.29, 0.717) is 12.2 Å². The predicted octanol–water partition coefficient (Wildman–Crippen LogP) is 4.65. The summed E-state index contributed by atoms with van der Waals surface area (Å²) in [4.78, 5) is 0. The van der Waals surface area contributed by atoms with Crippen LogP contribution in [0.4, 0.5) is 0 Å². The Balaban J connectivity index is 2.50. The first-order valence-corrected chi connectivity index (χ1v) is 7.27. The smallest absolute Gasteiger partial charge is 0.0607 e. The van der Waals surface area contributed by atoms with E-state index >= 15 is 0 Å². The molecule has 1 fully saturated rings. The predicted molar refractivity (Wildman–Crippen MR) is 70.6 cm³/mol. The SMILES string of the molecule is CCCCC[C@H]1O[C@H](CC)[C@@H](C)[C@H](C)[C@H]1C. The lowest BCUT2D eigenvalue weighted by Crippen LogP contribution is -2.44. The maximum atomic E-state index is 6.28. The van der Waals surface area contributed by atoms with Gasteiger partial charge in [0.2, 0.25) is 0 Å². The number of rotatable bonds is 5. The van der Waals surface area contributed by atoms with Crippen LogP contribution in [0.5, 0.6) is 0 Å². The Hall–Kier alpha value is -0.0400. The van der Waals surface area contributed by atoms with Crippen molar-refractivity contribution in [1.29, 1.82) is 0 Å². The van der Waals surface area contributed by atoms with E-state index in [9.17, 15) is 0 Å². The van der Waals surface area contributed by atoms with Crippen LogP contribution in [0.3, 0.4) is 0 Å². The molecule has 0 aromatic heterocycles. The molecule has 0 saturated carbocycles. The molecule has 16 heavy (non-hydrogen) atoms. The van der Waals surface area contributed by atoms with Gasteiger partial charge in [-0.25, -0.2) is 0 Å². The van der Waals surface area contributed by atoms with Gasteiger partial charge in [0.15, 0.2) is 0 Å². The van der Waals surface area contributed by atoms with Crippen LogP contribution in [0.15, 0.2) is 0 Å². The van der Waals surface area contributed by atoms with Gasteiger partial charge in [-0.2, -0.15) is 0 Å². The van der Waals surface area contributed by atoms with Crippen molar-refractivity contribution in [2.45, 2.75) is 78.9 Å². The molecule has 0 radical (unpaired) electrons. The number of hydrogen-bond acceptors (Lipinski definition) is 1. The van der Waals surface area contributed by atoms with Crippen molar-refractivity contribution in [2.24, 2.45) is 17.8 Å². The fourth-order valence-electron chi connectivity index (χ4n) is 3.02. The lowest BCUT2D eigenvalue weighted by molar-refractivity contribution is -0.136. The van der Waals surface area contributed by atoms with E-state index in [1.165, 1.54) is 32.1 Å². The van der Waals surface area contributed by atoms with Crippen molar-refractivity contribution in [3.8, 4) is 0 Å². The Labute approximate surface area is 102 Å². The van der Waals surface area contributed by atoms with Gasteiger partial charge < -0.3 is 4.74 Å². The highest BCUT2D eigenvalue weighted by atomic mass is 16.5. The van der Waals surface area contributed by atoms with Gasteiger partial charge in [0, 0.05) is 0 Å². The lowest BCUT2D eigenvalue weighted by atomic mass is 9.75. The summed E-state index contributed by atoms with van der Waals surface area (Å²) in [6.07, 6.45) is 7.45. The average Bonchev–Trinajstić information content (AvgIpc) is 2.29. The Kier molecular flexibility index (Phi) is 5.82. The molecule has 5 atom stereocenters. The summed E-state index contributed by atoms with van der Waals surface area (Å²) in [7, 11) is 0. The van der Waals surface area contributed by atoms with Crippen molar-refractivity contribution in [1.82, 2.24) is 0 Å². The lowest BCUT2D eigenvalue weighted by Gasteiger charge is -2.44. The minimum absolute atomic E-state index is 0.498. The van der Waals surface area contributed by atoms with Gasteiger partial charge >= 0.3 is 0 Å². The maximum Gasteiger partial charge on any atom is 0.0607 e. The van der Waals surface area contributed by atoms with Crippen LogP contribution in [-0.2, 0) is 4.74 Å². The molecule has 1 rings (SSSR count). The standard InChI is InChI=1S/C15H30O/c1-6-8-9-10-15-13(5)11(3)12(4)14(7-2)16-15/h11-15H,6-10H2,1-5H3/t11-,12-,13+,14+,15+/m0/s1. The van der Waals surface area contributed by atoms with Crippen molar-refractivity contribution in [3.05, 3.63) is 0 Å². The van der Waals surface area contributed by atoms with Crippen LogP contribution >= 0.6 is 0 Å².